The van der Waals surface area contributed by atoms with Crippen molar-refractivity contribution >= 4 is 39.3 Å². The van der Waals surface area contributed by atoms with Gasteiger partial charge in [0.15, 0.2) is 5.82 Å². The molecular weight excluding hydrogens is 508 g/mol. The summed E-state index contributed by atoms with van der Waals surface area (Å²) in [5.41, 5.74) is 4.21. The van der Waals surface area contributed by atoms with Crippen LogP contribution in [-0.2, 0) is 0 Å². The molecule has 1 saturated heterocycles. The van der Waals surface area contributed by atoms with E-state index in [1.807, 2.05) is 48.8 Å². The third-order valence-corrected chi connectivity index (χ3v) is 8.93. The van der Waals surface area contributed by atoms with Gasteiger partial charge < -0.3 is 16.0 Å². The Kier molecular flexibility index (Phi) is 6.71. The first-order chi connectivity index (χ1) is 20.0. The highest BCUT2D eigenvalue weighted by Gasteiger charge is 2.32. The Labute approximate surface area is 240 Å². The second-order valence-electron chi connectivity index (χ2n) is 12.1. The molecule has 0 bridgehead atoms. The Morgan fingerprint density at radius 3 is 2.68 bits per heavy atom. The van der Waals surface area contributed by atoms with E-state index in [0.717, 1.165) is 65.1 Å². The van der Waals surface area contributed by atoms with Crippen LogP contribution in [0.3, 0.4) is 0 Å². The molecule has 2 fully saturated rings. The van der Waals surface area contributed by atoms with E-state index >= 15 is 0 Å². The number of benzene rings is 1. The normalized spacial score (nSPS) is 18.7. The first-order valence-electron chi connectivity index (χ1n) is 14.7. The predicted octanol–water partition coefficient (Wildman–Crippen LogP) is 6.69. The molecule has 4 aromatic heterocycles. The van der Waals surface area contributed by atoms with Crippen LogP contribution in [0, 0.1) is 11.3 Å². The van der Waals surface area contributed by atoms with Crippen molar-refractivity contribution in [2.45, 2.75) is 45.4 Å². The summed E-state index contributed by atoms with van der Waals surface area (Å²) in [6.45, 7) is 7.68. The number of para-hydroxylation sites is 1. The van der Waals surface area contributed by atoms with Crippen LogP contribution in [0.15, 0.2) is 67.1 Å². The zero-order chi connectivity index (χ0) is 27.8. The fourth-order valence-corrected chi connectivity index (χ4v) is 6.12. The van der Waals surface area contributed by atoms with E-state index in [0.29, 0.717) is 23.5 Å². The summed E-state index contributed by atoms with van der Waals surface area (Å²) in [5, 5.41) is 12.9. The van der Waals surface area contributed by atoms with Crippen molar-refractivity contribution < 1.29 is 0 Å². The van der Waals surface area contributed by atoms with Crippen LogP contribution in [0.4, 0.5) is 17.5 Å². The molecule has 5 heterocycles. The largest absolute Gasteiger partial charge is 0.369 e. The average molecular weight is 545 g/mol. The molecular formula is C33H36N8. The molecule has 1 aliphatic heterocycles. The molecule has 2 aliphatic rings. The predicted molar refractivity (Wildman–Crippen MR) is 165 cm³/mol. The molecule has 208 valence electrons. The second kappa shape index (κ2) is 10.7. The first-order valence-corrected chi connectivity index (χ1v) is 14.7. The van der Waals surface area contributed by atoms with Gasteiger partial charge in [0, 0.05) is 41.8 Å². The van der Waals surface area contributed by atoms with E-state index in [1.54, 1.807) is 6.20 Å². The summed E-state index contributed by atoms with van der Waals surface area (Å²) in [4.78, 5) is 24.1. The molecule has 1 unspecified atom stereocenters. The Morgan fingerprint density at radius 2 is 1.83 bits per heavy atom. The fraction of sp³-hybridized carbons (Fsp3) is 0.364. The van der Waals surface area contributed by atoms with Crippen molar-refractivity contribution in [1.82, 2.24) is 30.2 Å². The molecule has 3 N–H and O–H groups in total. The number of hydrogen-bond acceptors (Lipinski definition) is 8. The lowest BCUT2D eigenvalue weighted by atomic mass is 9.74. The van der Waals surface area contributed by atoms with Gasteiger partial charge in [-0.3, -0.25) is 4.98 Å². The zero-order valence-corrected chi connectivity index (χ0v) is 23.7. The molecule has 0 spiro atoms. The van der Waals surface area contributed by atoms with Crippen molar-refractivity contribution in [3.05, 3.63) is 72.7 Å². The number of rotatable bonds is 7. The topological polar surface area (TPSA) is 101 Å². The summed E-state index contributed by atoms with van der Waals surface area (Å²) in [6.07, 6.45) is 10.5. The number of fused-ring (bicyclic) bond motifs is 2. The monoisotopic (exact) mass is 544 g/mol. The van der Waals surface area contributed by atoms with E-state index < -0.39 is 0 Å². The van der Waals surface area contributed by atoms with E-state index in [-0.39, 0.29) is 5.41 Å². The van der Waals surface area contributed by atoms with Gasteiger partial charge in [-0.1, -0.05) is 38.5 Å². The number of anilines is 3. The fourth-order valence-electron chi connectivity index (χ4n) is 6.12. The highest BCUT2D eigenvalue weighted by atomic mass is 15.1. The Hall–Kier alpha value is -4.17. The van der Waals surface area contributed by atoms with E-state index in [4.69, 9.17) is 15.0 Å². The van der Waals surface area contributed by atoms with Crippen LogP contribution in [-0.4, -0.2) is 44.6 Å². The van der Waals surface area contributed by atoms with Crippen LogP contribution in [0.25, 0.3) is 33.2 Å². The maximum atomic E-state index is 5.16. The minimum atomic E-state index is 0.220. The molecule has 8 heteroatoms. The standard InChI is InChI=1S/C33H36N8/c1-33(2)20-34-14-13-24(33)17-37-32-30-25(21-7-5-8-21)18-35-19-27(30)39-31(41-32)23-12-15-36-29(16-23)40-28-11-10-22-6-3-4-9-26(22)38-28/h3-4,6,9-12,15-16,18-19,21,24,34H,5,7-8,13-14,17,20H2,1-2H3,(H,36,38,40)(H,37,39,41). The molecule has 0 radical (unpaired) electrons. The van der Waals surface area contributed by atoms with Gasteiger partial charge in [0.05, 0.1) is 17.2 Å². The van der Waals surface area contributed by atoms with Gasteiger partial charge in [-0.2, -0.15) is 0 Å². The summed E-state index contributed by atoms with van der Waals surface area (Å²) >= 11 is 0. The Balaban J connectivity index is 1.24. The highest BCUT2D eigenvalue weighted by Crippen LogP contribution is 2.41. The molecule has 0 amide bonds. The van der Waals surface area contributed by atoms with Gasteiger partial charge in [0.1, 0.15) is 17.5 Å². The van der Waals surface area contributed by atoms with E-state index in [1.165, 1.54) is 24.8 Å². The van der Waals surface area contributed by atoms with Crippen LogP contribution >= 0.6 is 0 Å². The molecule has 1 aliphatic carbocycles. The molecule has 41 heavy (non-hydrogen) atoms. The van der Waals surface area contributed by atoms with Crippen LogP contribution < -0.4 is 16.0 Å². The van der Waals surface area contributed by atoms with Crippen molar-refractivity contribution in [3.63, 3.8) is 0 Å². The summed E-state index contributed by atoms with van der Waals surface area (Å²) in [6, 6.07) is 16.1. The van der Waals surface area contributed by atoms with Gasteiger partial charge >= 0.3 is 0 Å². The number of nitrogens with zero attached hydrogens (tertiary/aromatic N) is 5. The van der Waals surface area contributed by atoms with Crippen molar-refractivity contribution in [3.8, 4) is 11.4 Å². The minimum absolute atomic E-state index is 0.220. The lowest BCUT2D eigenvalue weighted by Gasteiger charge is -2.39. The van der Waals surface area contributed by atoms with Gasteiger partial charge in [-0.15, -0.1) is 0 Å². The summed E-state index contributed by atoms with van der Waals surface area (Å²) in [5.74, 6) is 4.09. The maximum Gasteiger partial charge on any atom is 0.162 e. The summed E-state index contributed by atoms with van der Waals surface area (Å²) in [7, 11) is 0. The van der Waals surface area contributed by atoms with Gasteiger partial charge in [0.2, 0.25) is 0 Å². The third-order valence-electron chi connectivity index (χ3n) is 8.93. The average Bonchev–Trinajstić information content (AvgIpc) is 2.95. The number of nitrogens with one attached hydrogen (secondary N) is 3. The molecule has 1 aromatic carbocycles. The second-order valence-corrected chi connectivity index (χ2v) is 12.1. The van der Waals surface area contributed by atoms with Crippen molar-refractivity contribution in [2.75, 3.05) is 30.3 Å². The SMILES string of the molecule is CC1(C)CNCCC1CNc1nc(-c2ccnc(Nc3ccc4ccccc4n3)c2)nc2cncc(C3CCC3)c12. The van der Waals surface area contributed by atoms with Crippen molar-refractivity contribution in [2.24, 2.45) is 11.3 Å². The molecule has 1 atom stereocenters. The zero-order valence-electron chi connectivity index (χ0n) is 23.7. The number of pyridine rings is 3. The summed E-state index contributed by atoms with van der Waals surface area (Å²) < 4.78 is 0. The van der Waals surface area contributed by atoms with Crippen LogP contribution in [0.1, 0.15) is 51.0 Å². The van der Waals surface area contributed by atoms with Crippen LogP contribution in [0.5, 0.6) is 0 Å². The number of piperidine rings is 1. The smallest absolute Gasteiger partial charge is 0.162 e. The molecule has 5 aromatic rings. The quantitative estimate of drug-likeness (QED) is 0.208. The maximum absolute atomic E-state index is 5.16. The Morgan fingerprint density at radius 1 is 0.927 bits per heavy atom. The van der Waals surface area contributed by atoms with E-state index in [9.17, 15) is 0 Å². The lowest BCUT2D eigenvalue weighted by Crippen LogP contribution is -2.45. The van der Waals surface area contributed by atoms with Gasteiger partial charge in [0.25, 0.3) is 0 Å². The van der Waals surface area contributed by atoms with Crippen molar-refractivity contribution in [1.29, 1.82) is 0 Å². The minimum Gasteiger partial charge on any atom is -0.369 e. The number of aromatic nitrogens is 5. The van der Waals surface area contributed by atoms with E-state index in [2.05, 4.69) is 51.9 Å². The lowest BCUT2D eigenvalue weighted by molar-refractivity contribution is 0.166. The third kappa shape index (κ3) is 5.20. The van der Waals surface area contributed by atoms with Gasteiger partial charge in [-0.25, -0.2) is 19.9 Å². The van der Waals surface area contributed by atoms with Crippen LogP contribution in [0.2, 0.25) is 0 Å². The first kappa shape index (κ1) is 25.8. The Bertz CT molecular complexity index is 1710. The van der Waals surface area contributed by atoms with Gasteiger partial charge in [-0.05, 0) is 79.0 Å². The molecule has 7 rings (SSSR count). The molecule has 1 saturated carbocycles. The highest BCUT2D eigenvalue weighted by molar-refractivity contribution is 5.93. The molecule has 8 nitrogen and oxygen atoms in total. The number of hydrogen-bond donors (Lipinski definition) is 3.